The number of esters is 1. The molecule has 0 saturated carbocycles. The van der Waals surface area contributed by atoms with Gasteiger partial charge >= 0.3 is 5.97 Å². The quantitative estimate of drug-likeness (QED) is 0.472. The maximum Gasteiger partial charge on any atom is 0.339 e. The highest BCUT2D eigenvalue weighted by Gasteiger charge is 2.16. The van der Waals surface area contributed by atoms with Crippen LogP contribution < -0.4 is 10.6 Å². The molecule has 0 saturated heterocycles. The summed E-state index contributed by atoms with van der Waals surface area (Å²) in [7, 11) is 0. The molecule has 30 heavy (non-hydrogen) atoms. The number of benzene rings is 2. The molecular weight excluding hydrogens is 402 g/mol. The van der Waals surface area contributed by atoms with Crippen LogP contribution in [0.4, 0.5) is 5.69 Å². The minimum absolute atomic E-state index is 0.0654. The van der Waals surface area contributed by atoms with Gasteiger partial charge in [-0.05, 0) is 36.2 Å². The molecular formula is C22H23N3O4S. The van der Waals surface area contributed by atoms with Crippen molar-refractivity contribution in [3.05, 3.63) is 59.7 Å². The van der Waals surface area contributed by atoms with Crippen molar-refractivity contribution < 1.29 is 19.1 Å². The number of anilines is 1. The van der Waals surface area contributed by atoms with Crippen molar-refractivity contribution in [1.29, 1.82) is 5.26 Å². The lowest BCUT2D eigenvalue weighted by Crippen LogP contribution is -2.31. The predicted molar refractivity (Wildman–Crippen MR) is 115 cm³/mol. The number of carbonyl (C=O) groups excluding carboxylic acids is 3. The van der Waals surface area contributed by atoms with Gasteiger partial charge in [-0.2, -0.15) is 5.26 Å². The number of ether oxygens (including phenoxy) is 1. The van der Waals surface area contributed by atoms with Crippen molar-refractivity contribution in [3.63, 3.8) is 0 Å². The van der Waals surface area contributed by atoms with Crippen molar-refractivity contribution in [2.24, 2.45) is 5.92 Å². The topological polar surface area (TPSA) is 108 Å². The van der Waals surface area contributed by atoms with Gasteiger partial charge in [0, 0.05) is 17.1 Å². The van der Waals surface area contributed by atoms with Crippen LogP contribution in [-0.4, -0.2) is 36.7 Å². The third-order valence-corrected chi connectivity index (χ3v) is 4.86. The molecule has 2 amide bonds. The van der Waals surface area contributed by atoms with E-state index in [-0.39, 0.29) is 24.2 Å². The number of nitrogens with one attached hydrogen (secondary N) is 2. The van der Waals surface area contributed by atoms with Crippen LogP contribution in [0.2, 0.25) is 0 Å². The molecule has 0 aromatic heterocycles. The van der Waals surface area contributed by atoms with Gasteiger partial charge in [0.25, 0.3) is 5.91 Å². The van der Waals surface area contributed by atoms with Crippen molar-refractivity contribution in [2.75, 3.05) is 24.2 Å². The van der Waals surface area contributed by atoms with Crippen molar-refractivity contribution in [3.8, 4) is 6.07 Å². The highest BCUT2D eigenvalue weighted by Crippen LogP contribution is 2.23. The van der Waals surface area contributed by atoms with E-state index in [1.54, 1.807) is 48.5 Å². The molecule has 2 aromatic carbocycles. The summed E-state index contributed by atoms with van der Waals surface area (Å²) in [4.78, 5) is 36.9. The number of nitrogens with zero attached hydrogens (tertiary/aromatic N) is 1. The first-order valence-corrected chi connectivity index (χ1v) is 10.3. The zero-order chi connectivity index (χ0) is 21.9. The van der Waals surface area contributed by atoms with Crippen molar-refractivity contribution in [2.45, 2.75) is 18.7 Å². The molecule has 0 aliphatic carbocycles. The summed E-state index contributed by atoms with van der Waals surface area (Å²) < 4.78 is 5.10. The molecule has 0 aliphatic rings. The van der Waals surface area contributed by atoms with Crippen LogP contribution >= 0.6 is 11.8 Å². The lowest BCUT2D eigenvalue weighted by atomic mass is 10.2. The summed E-state index contributed by atoms with van der Waals surface area (Å²) in [6, 6.07) is 15.4. The number of rotatable bonds is 9. The fourth-order valence-electron chi connectivity index (χ4n) is 2.35. The molecule has 0 unspecified atom stereocenters. The molecule has 8 heteroatoms. The van der Waals surface area contributed by atoms with Crippen LogP contribution in [0.15, 0.2) is 53.4 Å². The summed E-state index contributed by atoms with van der Waals surface area (Å²) in [6.45, 7) is 4.09. The number of amides is 2. The molecule has 0 aliphatic heterocycles. The van der Waals surface area contributed by atoms with Gasteiger partial charge in [0.05, 0.1) is 22.9 Å². The van der Waals surface area contributed by atoms with E-state index in [1.807, 2.05) is 19.9 Å². The van der Waals surface area contributed by atoms with Crippen LogP contribution in [0.5, 0.6) is 0 Å². The molecule has 7 nitrogen and oxygen atoms in total. The summed E-state index contributed by atoms with van der Waals surface area (Å²) in [5.41, 5.74) is 1.27. The van der Waals surface area contributed by atoms with Gasteiger partial charge in [-0.25, -0.2) is 4.79 Å². The lowest BCUT2D eigenvalue weighted by Gasteiger charge is -2.11. The Balaban J connectivity index is 1.91. The third-order valence-electron chi connectivity index (χ3n) is 3.78. The first kappa shape index (κ1) is 23.0. The standard InChI is InChI=1S/C22H23N3O4S/c1-15(2)12-24-20(26)13-29-22(28)18-8-3-4-9-19(18)30-14-21(27)25-17-7-5-6-16(10-17)11-23/h3-10,15H,12-14H2,1-2H3,(H,24,26)(H,25,27). The molecule has 0 spiro atoms. The van der Waals surface area contributed by atoms with Crippen molar-refractivity contribution in [1.82, 2.24) is 5.32 Å². The average Bonchev–Trinajstić information content (AvgIpc) is 2.74. The maximum atomic E-state index is 12.4. The fourth-order valence-corrected chi connectivity index (χ4v) is 3.19. The van der Waals surface area contributed by atoms with Gasteiger partial charge in [-0.1, -0.05) is 32.0 Å². The highest BCUT2D eigenvalue weighted by atomic mass is 32.2. The third kappa shape index (κ3) is 7.60. The molecule has 2 aromatic rings. The van der Waals surface area contributed by atoms with E-state index < -0.39 is 5.97 Å². The number of thioether (sulfide) groups is 1. The smallest absolute Gasteiger partial charge is 0.339 e. The monoisotopic (exact) mass is 425 g/mol. The Morgan fingerprint density at radius 2 is 1.87 bits per heavy atom. The first-order chi connectivity index (χ1) is 14.4. The first-order valence-electron chi connectivity index (χ1n) is 9.34. The predicted octanol–water partition coefficient (Wildman–Crippen LogP) is 3.22. The highest BCUT2D eigenvalue weighted by molar-refractivity contribution is 8.00. The van der Waals surface area contributed by atoms with E-state index in [0.29, 0.717) is 34.2 Å². The molecule has 0 fully saturated rings. The van der Waals surface area contributed by atoms with Crippen LogP contribution in [0.25, 0.3) is 0 Å². The molecule has 0 atom stereocenters. The van der Waals surface area contributed by atoms with Gasteiger partial charge in [0.1, 0.15) is 0 Å². The summed E-state index contributed by atoms with van der Waals surface area (Å²) in [5, 5.41) is 14.3. The average molecular weight is 426 g/mol. The van der Waals surface area contributed by atoms with E-state index in [0.717, 1.165) is 0 Å². The Hall–Kier alpha value is -3.31. The van der Waals surface area contributed by atoms with Gasteiger partial charge in [0.15, 0.2) is 6.61 Å². The molecule has 0 heterocycles. The van der Waals surface area contributed by atoms with Gasteiger partial charge in [-0.3, -0.25) is 9.59 Å². The normalized spacial score (nSPS) is 10.2. The Bertz CT molecular complexity index is 953. The second kappa shape index (κ2) is 11.6. The molecule has 2 rings (SSSR count). The van der Waals surface area contributed by atoms with Gasteiger partial charge in [-0.15, -0.1) is 11.8 Å². The summed E-state index contributed by atoms with van der Waals surface area (Å²) in [6.07, 6.45) is 0. The van der Waals surface area contributed by atoms with Crippen LogP contribution in [0.1, 0.15) is 29.8 Å². The molecule has 0 bridgehead atoms. The van der Waals surface area contributed by atoms with Crippen LogP contribution in [-0.2, 0) is 14.3 Å². The second-order valence-corrected chi connectivity index (χ2v) is 7.82. The summed E-state index contributed by atoms with van der Waals surface area (Å²) in [5.74, 6) is -0.890. The minimum Gasteiger partial charge on any atom is -0.452 e. The number of hydrogen-bond donors (Lipinski definition) is 2. The molecule has 2 N–H and O–H groups in total. The summed E-state index contributed by atoms with van der Waals surface area (Å²) >= 11 is 1.18. The van der Waals surface area contributed by atoms with E-state index >= 15 is 0 Å². The zero-order valence-corrected chi connectivity index (χ0v) is 17.6. The second-order valence-electron chi connectivity index (χ2n) is 6.80. The van der Waals surface area contributed by atoms with Crippen molar-refractivity contribution >= 4 is 35.2 Å². The van der Waals surface area contributed by atoms with E-state index in [9.17, 15) is 14.4 Å². The Kier molecular flexibility index (Phi) is 8.91. The van der Waals surface area contributed by atoms with E-state index in [4.69, 9.17) is 10.00 Å². The van der Waals surface area contributed by atoms with Gasteiger partial charge in [0.2, 0.25) is 5.91 Å². The van der Waals surface area contributed by atoms with E-state index in [1.165, 1.54) is 11.8 Å². The Morgan fingerprint density at radius 3 is 2.60 bits per heavy atom. The van der Waals surface area contributed by atoms with Crippen LogP contribution in [0.3, 0.4) is 0 Å². The lowest BCUT2D eigenvalue weighted by molar-refractivity contribution is -0.124. The Morgan fingerprint density at radius 1 is 1.10 bits per heavy atom. The molecule has 0 radical (unpaired) electrons. The van der Waals surface area contributed by atoms with Crippen LogP contribution in [0, 0.1) is 17.2 Å². The number of hydrogen-bond acceptors (Lipinski definition) is 6. The Labute approximate surface area is 179 Å². The SMILES string of the molecule is CC(C)CNC(=O)COC(=O)c1ccccc1SCC(=O)Nc1cccc(C#N)c1. The minimum atomic E-state index is -0.625. The number of nitriles is 1. The largest absolute Gasteiger partial charge is 0.452 e. The molecule has 156 valence electrons. The van der Waals surface area contributed by atoms with E-state index in [2.05, 4.69) is 10.6 Å². The fraction of sp³-hybridized carbons (Fsp3) is 0.273. The number of carbonyl (C=O) groups is 3. The maximum absolute atomic E-state index is 12.4. The van der Waals surface area contributed by atoms with Gasteiger partial charge < -0.3 is 15.4 Å². The zero-order valence-electron chi connectivity index (χ0n) is 16.8.